The summed E-state index contributed by atoms with van der Waals surface area (Å²) in [6.07, 6.45) is 0. The Morgan fingerprint density at radius 2 is 1.85 bits per heavy atom. The summed E-state index contributed by atoms with van der Waals surface area (Å²) in [6.45, 7) is 5.64. The number of carbonyl (C=O) groups excluding carboxylic acids is 2. The van der Waals surface area contributed by atoms with E-state index in [9.17, 15) is 9.59 Å². The van der Waals surface area contributed by atoms with Gasteiger partial charge in [-0.05, 0) is 36.2 Å². The predicted octanol–water partition coefficient (Wildman–Crippen LogP) is 3.91. The lowest BCUT2D eigenvalue weighted by Gasteiger charge is -2.38. The van der Waals surface area contributed by atoms with E-state index in [1.165, 1.54) is 12.7 Å². The molecule has 1 saturated heterocycles. The van der Waals surface area contributed by atoms with Crippen LogP contribution >= 0.6 is 23.2 Å². The Balaban J connectivity index is 1.56. The number of halogens is 2. The summed E-state index contributed by atoms with van der Waals surface area (Å²) in [5.41, 5.74) is 3.84. The van der Waals surface area contributed by atoms with Crippen LogP contribution in [0.15, 0.2) is 53.7 Å². The molecule has 2 N–H and O–H groups in total. The molecule has 2 aromatic carbocycles. The van der Waals surface area contributed by atoms with Gasteiger partial charge in [0.25, 0.3) is 0 Å². The van der Waals surface area contributed by atoms with Gasteiger partial charge < -0.3 is 20.3 Å². The highest BCUT2D eigenvalue weighted by Crippen LogP contribution is 2.32. The molecule has 0 unspecified atom stereocenters. The molecule has 0 aromatic heterocycles. The number of nitrogens with one attached hydrogen (secondary N) is 2. The molecule has 2 aliphatic heterocycles. The molecule has 33 heavy (non-hydrogen) atoms. The number of amides is 2. The van der Waals surface area contributed by atoms with Crippen LogP contribution in [0, 0.1) is 6.92 Å². The molecular weight excluding hydrogens is 463 g/mol. The van der Waals surface area contributed by atoms with Crippen LogP contribution in [0.4, 0.5) is 10.5 Å². The number of aryl methyl sites for hydroxylation is 1. The van der Waals surface area contributed by atoms with Gasteiger partial charge in [-0.2, -0.15) is 0 Å². The number of ether oxygens (including phenoxy) is 1. The maximum atomic E-state index is 12.8. The van der Waals surface area contributed by atoms with Crippen LogP contribution in [0.1, 0.15) is 17.2 Å². The number of piperazine rings is 1. The van der Waals surface area contributed by atoms with Crippen LogP contribution in [0.5, 0.6) is 0 Å². The molecule has 2 amide bonds. The number of rotatable bonds is 5. The predicted molar refractivity (Wildman–Crippen MR) is 130 cm³/mol. The first-order valence-corrected chi connectivity index (χ1v) is 11.5. The average Bonchev–Trinajstić information content (AvgIpc) is 2.81. The number of carbonyl (C=O) groups is 2. The van der Waals surface area contributed by atoms with Crippen LogP contribution in [-0.2, 0) is 9.53 Å². The van der Waals surface area contributed by atoms with Crippen molar-refractivity contribution < 1.29 is 14.3 Å². The number of benzene rings is 2. The van der Waals surface area contributed by atoms with E-state index in [0.29, 0.717) is 33.4 Å². The normalized spacial score (nSPS) is 19.2. The van der Waals surface area contributed by atoms with Gasteiger partial charge in [0.1, 0.15) is 0 Å². The number of methoxy groups -OCH3 is 1. The molecule has 174 valence electrons. The molecular formula is C24H26Cl2N4O3. The molecule has 1 atom stereocenters. The van der Waals surface area contributed by atoms with E-state index in [0.717, 1.165) is 31.9 Å². The number of esters is 1. The van der Waals surface area contributed by atoms with E-state index in [4.69, 9.17) is 27.9 Å². The summed E-state index contributed by atoms with van der Waals surface area (Å²) in [5.74, 6) is -0.504. The van der Waals surface area contributed by atoms with Crippen LogP contribution < -0.4 is 15.5 Å². The van der Waals surface area contributed by atoms with Crippen molar-refractivity contribution >= 4 is 40.9 Å². The summed E-state index contributed by atoms with van der Waals surface area (Å²) in [4.78, 5) is 29.8. The largest absolute Gasteiger partial charge is 0.466 e. The molecule has 0 saturated carbocycles. The Labute approximate surface area is 203 Å². The van der Waals surface area contributed by atoms with Crippen LogP contribution in [0.3, 0.4) is 0 Å². The van der Waals surface area contributed by atoms with Gasteiger partial charge in [-0.1, -0.05) is 47.5 Å². The number of hydrogen-bond donors (Lipinski definition) is 2. The third-order valence-corrected chi connectivity index (χ3v) is 6.62. The lowest BCUT2D eigenvalue weighted by atomic mass is 9.95. The van der Waals surface area contributed by atoms with Crippen LogP contribution in [-0.4, -0.2) is 56.7 Å². The third-order valence-electron chi connectivity index (χ3n) is 6.04. The number of anilines is 1. The summed E-state index contributed by atoms with van der Waals surface area (Å²) in [6, 6.07) is 12.0. The highest BCUT2D eigenvalue weighted by atomic mass is 35.5. The fraction of sp³-hybridized carbons (Fsp3) is 0.333. The summed E-state index contributed by atoms with van der Waals surface area (Å²) in [5, 5.41) is 6.82. The van der Waals surface area contributed by atoms with Crippen molar-refractivity contribution in [3.63, 3.8) is 0 Å². The molecule has 0 aliphatic carbocycles. The minimum Gasteiger partial charge on any atom is -0.466 e. The monoisotopic (exact) mass is 488 g/mol. The fourth-order valence-electron chi connectivity index (χ4n) is 4.33. The number of urea groups is 1. The smallest absolute Gasteiger partial charge is 0.338 e. The minimum absolute atomic E-state index is 0.360. The molecule has 0 bridgehead atoms. The molecule has 4 rings (SSSR count). The molecule has 0 radical (unpaired) electrons. The quantitative estimate of drug-likeness (QED) is 0.624. The van der Waals surface area contributed by atoms with Gasteiger partial charge >= 0.3 is 12.0 Å². The Morgan fingerprint density at radius 1 is 1.12 bits per heavy atom. The van der Waals surface area contributed by atoms with Crippen molar-refractivity contribution in [1.82, 2.24) is 15.5 Å². The Bertz CT molecular complexity index is 1100. The maximum absolute atomic E-state index is 12.8. The lowest BCUT2D eigenvalue weighted by Crippen LogP contribution is -2.52. The van der Waals surface area contributed by atoms with Gasteiger partial charge in [0.05, 0.1) is 18.7 Å². The van der Waals surface area contributed by atoms with Crippen LogP contribution in [0.2, 0.25) is 10.0 Å². The van der Waals surface area contributed by atoms with Gasteiger partial charge in [0, 0.05) is 54.2 Å². The highest BCUT2D eigenvalue weighted by molar-refractivity contribution is 6.31. The summed E-state index contributed by atoms with van der Waals surface area (Å²) >= 11 is 12.6. The van der Waals surface area contributed by atoms with Crippen molar-refractivity contribution in [1.29, 1.82) is 0 Å². The second-order valence-corrected chi connectivity index (χ2v) is 8.97. The number of nitrogens with zero attached hydrogens (tertiary/aromatic N) is 2. The van der Waals surface area contributed by atoms with Crippen molar-refractivity contribution in [2.75, 3.05) is 44.7 Å². The second kappa shape index (κ2) is 10.0. The standard InChI is InChI=1S/C24H26Cl2N4O3/c1-15-7-8-16(25)13-20(15)30-11-9-29(10-12-30)14-19-21(23(31)33-2)22(28-24(32)27-19)17-5-3-4-6-18(17)26/h3-8,13,22H,9-12,14H2,1-2H3,(H2,27,28,32)/t22-/m0/s1. The first-order chi connectivity index (χ1) is 15.9. The van der Waals surface area contributed by atoms with Crippen molar-refractivity contribution in [2.45, 2.75) is 13.0 Å². The molecule has 1 fully saturated rings. The molecule has 9 heteroatoms. The summed E-state index contributed by atoms with van der Waals surface area (Å²) in [7, 11) is 1.33. The fourth-order valence-corrected chi connectivity index (χ4v) is 4.74. The van der Waals surface area contributed by atoms with Gasteiger partial charge in [0.2, 0.25) is 0 Å². The zero-order chi connectivity index (χ0) is 23.5. The van der Waals surface area contributed by atoms with Crippen LogP contribution in [0.25, 0.3) is 0 Å². The molecule has 0 spiro atoms. The zero-order valence-electron chi connectivity index (χ0n) is 18.5. The topological polar surface area (TPSA) is 73.9 Å². The Morgan fingerprint density at radius 3 is 2.55 bits per heavy atom. The third kappa shape index (κ3) is 5.11. The van der Waals surface area contributed by atoms with E-state index < -0.39 is 12.0 Å². The lowest BCUT2D eigenvalue weighted by molar-refractivity contribution is -0.136. The van der Waals surface area contributed by atoms with E-state index in [-0.39, 0.29) is 6.03 Å². The van der Waals surface area contributed by atoms with Crippen molar-refractivity contribution in [2.24, 2.45) is 0 Å². The number of hydrogen-bond acceptors (Lipinski definition) is 5. The summed E-state index contributed by atoms with van der Waals surface area (Å²) < 4.78 is 5.06. The first-order valence-electron chi connectivity index (χ1n) is 10.7. The molecule has 2 heterocycles. The van der Waals surface area contributed by atoms with Crippen molar-refractivity contribution in [3.05, 3.63) is 74.9 Å². The maximum Gasteiger partial charge on any atom is 0.338 e. The van der Waals surface area contributed by atoms with E-state index >= 15 is 0 Å². The second-order valence-electron chi connectivity index (χ2n) is 8.13. The zero-order valence-corrected chi connectivity index (χ0v) is 20.0. The van der Waals surface area contributed by atoms with Gasteiger partial charge in [-0.3, -0.25) is 4.90 Å². The Kier molecular flexibility index (Phi) is 7.12. The van der Waals surface area contributed by atoms with Gasteiger partial charge in [-0.15, -0.1) is 0 Å². The minimum atomic E-state index is -0.690. The SMILES string of the molecule is COC(=O)C1=C(CN2CCN(c3cc(Cl)ccc3C)CC2)NC(=O)N[C@H]1c1ccccc1Cl. The highest BCUT2D eigenvalue weighted by Gasteiger charge is 2.35. The van der Waals surface area contributed by atoms with E-state index in [1.807, 2.05) is 24.3 Å². The van der Waals surface area contributed by atoms with Gasteiger partial charge in [0.15, 0.2) is 0 Å². The molecule has 2 aromatic rings. The van der Waals surface area contributed by atoms with E-state index in [1.54, 1.807) is 18.2 Å². The van der Waals surface area contributed by atoms with E-state index in [2.05, 4.69) is 27.4 Å². The Hall–Kier alpha value is -2.74. The average molecular weight is 489 g/mol. The first kappa shape index (κ1) is 23.4. The molecule has 7 nitrogen and oxygen atoms in total. The van der Waals surface area contributed by atoms with Gasteiger partial charge in [-0.25, -0.2) is 9.59 Å². The molecule has 2 aliphatic rings. The van der Waals surface area contributed by atoms with Crippen molar-refractivity contribution in [3.8, 4) is 0 Å².